The summed E-state index contributed by atoms with van der Waals surface area (Å²) in [5.74, 6) is 1.39. The van der Waals surface area contributed by atoms with Crippen LogP contribution in [0.5, 0.6) is 11.5 Å². The van der Waals surface area contributed by atoms with Gasteiger partial charge in [-0.05, 0) is 35.4 Å². The van der Waals surface area contributed by atoms with E-state index in [2.05, 4.69) is 15.9 Å². The third-order valence-electron chi connectivity index (χ3n) is 4.08. The molecule has 4 heteroatoms. The van der Waals surface area contributed by atoms with E-state index in [1.165, 1.54) is 0 Å². The van der Waals surface area contributed by atoms with Crippen LogP contribution in [-0.4, -0.2) is 5.78 Å². The van der Waals surface area contributed by atoms with E-state index in [4.69, 9.17) is 9.47 Å². The zero-order chi connectivity index (χ0) is 17.9. The fourth-order valence-electron chi connectivity index (χ4n) is 2.73. The molecule has 3 aromatic carbocycles. The molecule has 0 aromatic heterocycles. The third kappa shape index (κ3) is 3.41. The van der Waals surface area contributed by atoms with Crippen LogP contribution in [0.3, 0.4) is 0 Å². The Morgan fingerprint density at radius 1 is 0.962 bits per heavy atom. The average molecular weight is 407 g/mol. The monoisotopic (exact) mass is 406 g/mol. The maximum atomic E-state index is 12.6. The molecule has 0 spiro atoms. The number of benzene rings is 3. The van der Waals surface area contributed by atoms with Crippen molar-refractivity contribution in [1.82, 2.24) is 0 Å². The average Bonchev–Trinajstić information content (AvgIpc) is 2.98. The predicted octanol–water partition coefficient (Wildman–Crippen LogP) is 5.64. The summed E-state index contributed by atoms with van der Waals surface area (Å²) in [6, 6.07) is 22.9. The van der Waals surface area contributed by atoms with E-state index >= 15 is 0 Å². The van der Waals surface area contributed by atoms with Crippen LogP contribution in [-0.2, 0) is 6.61 Å². The molecule has 0 bridgehead atoms. The first-order valence-electron chi connectivity index (χ1n) is 8.20. The van der Waals surface area contributed by atoms with Crippen molar-refractivity contribution in [3.8, 4) is 11.5 Å². The summed E-state index contributed by atoms with van der Waals surface area (Å²) in [6.45, 7) is 0.466. The Kier molecular flexibility index (Phi) is 4.59. The minimum Gasteiger partial charge on any atom is -0.489 e. The topological polar surface area (TPSA) is 35.5 Å². The van der Waals surface area contributed by atoms with Gasteiger partial charge < -0.3 is 9.47 Å². The highest BCUT2D eigenvalue weighted by Crippen LogP contribution is 2.35. The van der Waals surface area contributed by atoms with Crippen molar-refractivity contribution in [1.29, 1.82) is 0 Å². The van der Waals surface area contributed by atoms with Crippen molar-refractivity contribution in [3.63, 3.8) is 0 Å². The summed E-state index contributed by atoms with van der Waals surface area (Å²) >= 11 is 3.48. The van der Waals surface area contributed by atoms with Crippen LogP contribution < -0.4 is 9.47 Å². The molecular weight excluding hydrogens is 392 g/mol. The zero-order valence-electron chi connectivity index (χ0n) is 13.8. The van der Waals surface area contributed by atoms with Crippen LogP contribution >= 0.6 is 15.9 Å². The third-order valence-corrected chi connectivity index (χ3v) is 4.80. The number of hydrogen-bond donors (Lipinski definition) is 0. The number of carbonyl (C=O) groups excluding carboxylic acids is 1. The van der Waals surface area contributed by atoms with Gasteiger partial charge in [-0.15, -0.1) is 0 Å². The molecule has 1 aliphatic rings. The van der Waals surface area contributed by atoms with E-state index in [9.17, 15) is 4.79 Å². The van der Waals surface area contributed by atoms with E-state index in [-0.39, 0.29) is 5.78 Å². The Balaban J connectivity index is 1.54. The zero-order valence-corrected chi connectivity index (χ0v) is 15.4. The lowest BCUT2D eigenvalue weighted by atomic mass is 10.1. The van der Waals surface area contributed by atoms with Crippen molar-refractivity contribution in [3.05, 3.63) is 99.7 Å². The molecule has 0 aliphatic carbocycles. The predicted molar refractivity (Wildman–Crippen MR) is 104 cm³/mol. The summed E-state index contributed by atoms with van der Waals surface area (Å²) < 4.78 is 12.5. The number of rotatable bonds is 4. The second kappa shape index (κ2) is 7.18. The Morgan fingerprint density at radius 2 is 1.73 bits per heavy atom. The van der Waals surface area contributed by atoms with Gasteiger partial charge in [0.25, 0.3) is 0 Å². The van der Waals surface area contributed by atoms with E-state index in [0.717, 1.165) is 15.6 Å². The number of hydrogen-bond acceptors (Lipinski definition) is 3. The summed E-state index contributed by atoms with van der Waals surface area (Å²) in [7, 11) is 0. The molecule has 3 aromatic rings. The molecule has 0 saturated carbocycles. The molecule has 0 radical (unpaired) electrons. The van der Waals surface area contributed by atoms with Crippen LogP contribution in [0.2, 0.25) is 0 Å². The molecule has 1 aliphatic heterocycles. The second-order valence-corrected chi connectivity index (χ2v) is 6.75. The smallest absolute Gasteiger partial charge is 0.231 e. The number of ether oxygens (including phenoxy) is 2. The van der Waals surface area contributed by atoms with E-state index in [1.54, 1.807) is 24.3 Å². The van der Waals surface area contributed by atoms with Gasteiger partial charge in [0.2, 0.25) is 5.78 Å². The Morgan fingerprint density at radius 3 is 2.54 bits per heavy atom. The lowest BCUT2D eigenvalue weighted by molar-refractivity contribution is 0.101. The van der Waals surface area contributed by atoms with Crippen LogP contribution in [0.4, 0.5) is 0 Å². The van der Waals surface area contributed by atoms with Crippen molar-refractivity contribution in [2.45, 2.75) is 6.61 Å². The minimum absolute atomic E-state index is 0.120. The molecule has 3 nitrogen and oxygen atoms in total. The van der Waals surface area contributed by atoms with Crippen LogP contribution in [0.25, 0.3) is 6.08 Å². The normalized spacial score (nSPS) is 14.2. The number of carbonyl (C=O) groups is 1. The number of allylic oxidation sites excluding steroid dienone is 1. The van der Waals surface area contributed by atoms with Gasteiger partial charge in [0, 0.05) is 10.5 Å². The van der Waals surface area contributed by atoms with Crippen LogP contribution in [0.1, 0.15) is 21.5 Å². The summed E-state index contributed by atoms with van der Waals surface area (Å²) in [4.78, 5) is 12.6. The summed E-state index contributed by atoms with van der Waals surface area (Å²) in [6.07, 6.45) is 1.75. The number of ketones is 1. The fourth-order valence-corrected chi connectivity index (χ4v) is 3.13. The molecule has 128 valence electrons. The molecular formula is C22H15BrO3. The molecule has 0 saturated heterocycles. The highest BCUT2D eigenvalue weighted by molar-refractivity contribution is 9.10. The van der Waals surface area contributed by atoms with E-state index in [0.29, 0.717) is 29.4 Å². The van der Waals surface area contributed by atoms with Gasteiger partial charge in [-0.3, -0.25) is 4.79 Å². The standard InChI is InChI=1S/C22H15BrO3/c23-19-9-5-4-8-16(19)12-21-22(24)18-11-10-17(13-20(18)26-21)25-14-15-6-2-1-3-7-15/h1-13H,14H2. The minimum atomic E-state index is -0.120. The van der Waals surface area contributed by atoms with Gasteiger partial charge in [-0.25, -0.2) is 0 Å². The van der Waals surface area contributed by atoms with Crippen molar-refractivity contribution in [2.75, 3.05) is 0 Å². The van der Waals surface area contributed by atoms with Crippen molar-refractivity contribution in [2.24, 2.45) is 0 Å². The molecule has 0 N–H and O–H groups in total. The van der Waals surface area contributed by atoms with Crippen molar-refractivity contribution >= 4 is 27.8 Å². The van der Waals surface area contributed by atoms with Crippen molar-refractivity contribution < 1.29 is 14.3 Å². The van der Waals surface area contributed by atoms with Crippen LogP contribution in [0.15, 0.2) is 83.0 Å². The maximum Gasteiger partial charge on any atom is 0.231 e. The number of fused-ring (bicyclic) bond motifs is 1. The number of Topliss-reactive ketones (excluding diaryl/α,β-unsaturated/α-hetero) is 1. The highest BCUT2D eigenvalue weighted by atomic mass is 79.9. The lowest BCUT2D eigenvalue weighted by Gasteiger charge is -2.07. The molecule has 4 rings (SSSR count). The first-order valence-corrected chi connectivity index (χ1v) is 8.99. The van der Waals surface area contributed by atoms with Gasteiger partial charge in [0.05, 0.1) is 5.56 Å². The molecule has 0 amide bonds. The lowest BCUT2D eigenvalue weighted by Crippen LogP contribution is -1.98. The van der Waals surface area contributed by atoms with Crippen LogP contribution in [0, 0.1) is 0 Å². The molecule has 0 unspecified atom stereocenters. The summed E-state index contributed by atoms with van der Waals surface area (Å²) in [5.41, 5.74) is 2.53. The molecule has 1 heterocycles. The Bertz CT molecular complexity index is 993. The number of halogens is 1. The van der Waals surface area contributed by atoms with Gasteiger partial charge in [-0.1, -0.05) is 64.5 Å². The largest absolute Gasteiger partial charge is 0.489 e. The molecule has 26 heavy (non-hydrogen) atoms. The Labute approximate surface area is 160 Å². The SMILES string of the molecule is O=C1C(=Cc2ccccc2Br)Oc2cc(OCc3ccccc3)ccc21. The first kappa shape index (κ1) is 16.6. The van der Waals surface area contributed by atoms with Gasteiger partial charge in [0.15, 0.2) is 5.76 Å². The second-order valence-electron chi connectivity index (χ2n) is 5.89. The maximum absolute atomic E-state index is 12.6. The van der Waals surface area contributed by atoms with Gasteiger partial charge in [-0.2, -0.15) is 0 Å². The molecule has 0 fully saturated rings. The molecule has 0 atom stereocenters. The van der Waals surface area contributed by atoms with E-state index < -0.39 is 0 Å². The first-order chi connectivity index (χ1) is 12.7. The highest BCUT2D eigenvalue weighted by Gasteiger charge is 2.27. The summed E-state index contributed by atoms with van der Waals surface area (Å²) in [5, 5.41) is 0. The van der Waals surface area contributed by atoms with Gasteiger partial charge in [0.1, 0.15) is 18.1 Å². The quantitative estimate of drug-likeness (QED) is 0.525. The van der Waals surface area contributed by atoms with E-state index in [1.807, 2.05) is 54.6 Å². The van der Waals surface area contributed by atoms with Gasteiger partial charge >= 0.3 is 0 Å². The Hall–Kier alpha value is -2.85. The fraction of sp³-hybridized carbons (Fsp3) is 0.0455.